The van der Waals surface area contributed by atoms with Crippen LogP contribution in [-0.4, -0.2) is 12.7 Å². The summed E-state index contributed by atoms with van der Waals surface area (Å²) in [5.41, 5.74) is 10.2. The van der Waals surface area contributed by atoms with Crippen molar-refractivity contribution in [2.75, 3.05) is 6.61 Å². The van der Waals surface area contributed by atoms with Gasteiger partial charge in [0, 0.05) is 12.6 Å². The Hall–Kier alpha value is -0.860. The Bertz CT molecular complexity index is 383. The Labute approximate surface area is 111 Å². The van der Waals surface area contributed by atoms with E-state index >= 15 is 0 Å². The van der Waals surface area contributed by atoms with Gasteiger partial charge in [-0.25, -0.2) is 0 Å². The van der Waals surface area contributed by atoms with Gasteiger partial charge in [-0.1, -0.05) is 23.8 Å². The van der Waals surface area contributed by atoms with Crippen LogP contribution in [0, 0.1) is 13.8 Å². The lowest BCUT2D eigenvalue weighted by Gasteiger charge is -2.24. The molecular formula is C16H25NO. The first-order valence-corrected chi connectivity index (χ1v) is 7.11. The second-order valence-electron chi connectivity index (χ2n) is 5.53. The first kappa shape index (κ1) is 13.6. The summed E-state index contributed by atoms with van der Waals surface area (Å²) in [5, 5.41) is 0. The standard InChI is InChI=1S/C16H25NO/c1-12-6-8-15(13(2)11-12)16(17)9-7-14-5-3-4-10-18-14/h6,8,11,14,16H,3-5,7,9-10,17H2,1-2H3. The third-order valence-corrected chi connectivity index (χ3v) is 3.90. The first-order valence-electron chi connectivity index (χ1n) is 7.11. The SMILES string of the molecule is Cc1ccc(C(N)CCC2CCCCO2)c(C)c1. The zero-order valence-electron chi connectivity index (χ0n) is 11.6. The maximum absolute atomic E-state index is 6.31. The number of hydrogen-bond acceptors (Lipinski definition) is 2. The molecule has 2 nitrogen and oxygen atoms in total. The highest BCUT2D eigenvalue weighted by Crippen LogP contribution is 2.24. The third kappa shape index (κ3) is 3.56. The number of rotatable bonds is 4. The van der Waals surface area contributed by atoms with Crippen molar-refractivity contribution in [1.82, 2.24) is 0 Å². The molecule has 1 aromatic carbocycles. The summed E-state index contributed by atoms with van der Waals surface area (Å²) in [5.74, 6) is 0. The van der Waals surface area contributed by atoms with Crippen LogP contribution < -0.4 is 5.73 Å². The minimum atomic E-state index is 0.149. The predicted molar refractivity (Wildman–Crippen MR) is 75.7 cm³/mol. The molecule has 2 rings (SSSR count). The summed E-state index contributed by atoms with van der Waals surface area (Å²) >= 11 is 0. The van der Waals surface area contributed by atoms with E-state index in [1.54, 1.807) is 0 Å². The Kier molecular flexibility index (Phi) is 4.79. The normalized spacial score (nSPS) is 21.8. The van der Waals surface area contributed by atoms with Gasteiger partial charge in [-0.15, -0.1) is 0 Å². The van der Waals surface area contributed by atoms with Crippen LogP contribution in [0.2, 0.25) is 0 Å². The van der Waals surface area contributed by atoms with Crippen molar-refractivity contribution < 1.29 is 4.74 Å². The van der Waals surface area contributed by atoms with Crippen LogP contribution in [0.1, 0.15) is 54.8 Å². The quantitative estimate of drug-likeness (QED) is 0.881. The van der Waals surface area contributed by atoms with E-state index in [9.17, 15) is 0 Å². The molecule has 0 saturated carbocycles. The fraction of sp³-hybridized carbons (Fsp3) is 0.625. The number of aryl methyl sites for hydroxylation is 2. The molecule has 0 radical (unpaired) electrons. The third-order valence-electron chi connectivity index (χ3n) is 3.90. The summed E-state index contributed by atoms with van der Waals surface area (Å²) in [6.45, 7) is 5.21. The van der Waals surface area contributed by atoms with E-state index in [-0.39, 0.29) is 6.04 Å². The van der Waals surface area contributed by atoms with Crippen LogP contribution in [0.3, 0.4) is 0 Å². The molecule has 0 aromatic heterocycles. The van der Waals surface area contributed by atoms with Crippen molar-refractivity contribution in [2.45, 2.75) is 58.1 Å². The Morgan fingerprint density at radius 3 is 2.83 bits per heavy atom. The zero-order chi connectivity index (χ0) is 13.0. The van der Waals surface area contributed by atoms with Gasteiger partial charge in [-0.05, 0) is 57.1 Å². The molecule has 0 aliphatic carbocycles. The van der Waals surface area contributed by atoms with Crippen LogP contribution in [0.15, 0.2) is 18.2 Å². The van der Waals surface area contributed by atoms with Gasteiger partial charge in [0.15, 0.2) is 0 Å². The molecule has 0 bridgehead atoms. The molecule has 2 unspecified atom stereocenters. The minimum absolute atomic E-state index is 0.149. The average molecular weight is 247 g/mol. The summed E-state index contributed by atoms with van der Waals surface area (Å²) in [6.07, 6.45) is 6.29. The van der Waals surface area contributed by atoms with E-state index in [0.29, 0.717) is 6.10 Å². The molecule has 0 amide bonds. The van der Waals surface area contributed by atoms with Gasteiger partial charge < -0.3 is 10.5 Å². The van der Waals surface area contributed by atoms with Gasteiger partial charge in [-0.3, -0.25) is 0 Å². The fourth-order valence-electron chi connectivity index (χ4n) is 2.80. The van der Waals surface area contributed by atoms with Crippen molar-refractivity contribution in [2.24, 2.45) is 5.73 Å². The fourth-order valence-corrected chi connectivity index (χ4v) is 2.80. The highest BCUT2D eigenvalue weighted by Gasteiger charge is 2.16. The second kappa shape index (κ2) is 6.35. The van der Waals surface area contributed by atoms with Crippen molar-refractivity contribution >= 4 is 0 Å². The van der Waals surface area contributed by atoms with E-state index in [0.717, 1.165) is 19.4 Å². The molecule has 18 heavy (non-hydrogen) atoms. The zero-order valence-corrected chi connectivity index (χ0v) is 11.6. The number of ether oxygens (including phenoxy) is 1. The molecule has 100 valence electrons. The maximum Gasteiger partial charge on any atom is 0.0575 e. The molecule has 2 atom stereocenters. The van der Waals surface area contributed by atoms with Crippen LogP contribution in [0.5, 0.6) is 0 Å². The number of hydrogen-bond donors (Lipinski definition) is 1. The molecule has 1 heterocycles. The summed E-state index contributed by atoms with van der Waals surface area (Å²) in [6, 6.07) is 6.69. The molecule has 0 spiro atoms. The van der Waals surface area contributed by atoms with E-state index in [2.05, 4.69) is 32.0 Å². The van der Waals surface area contributed by atoms with E-state index in [1.807, 2.05) is 0 Å². The molecular weight excluding hydrogens is 222 g/mol. The largest absolute Gasteiger partial charge is 0.378 e. The monoisotopic (exact) mass is 247 g/mol. The molecule has 1 aromatic rings. The molecule has 1 aliphatic heterocycles. The second-order valence-corrected chi connectivity index (χ2v) is 5.53. The van der Waals surface area contributed by atoms with Crippen LogP contribution in [0.4, 0.5) is 0 Å². The Morgan fingerprint density at radius 1 is 1.33 bits per heavy atom. The Morgan fingerprint density at radius 2 is 2.17 bits per heavy atom. The van der Waals surface area contributed by atoms with Crippen LogP contribution >= 0.6 is 0 Å². The lowest BCUT2D eigenvalue weighted by Crippen LogP contribution is -2.21. The van der Waals surface area contributed by atoms with Crippen molar-refractivity contribution in [3.05, 3.63) is 34.9 Å². The highest BCUT2D eigenvalue weighted by atomic mass is 16.5. The van der Waals surface area contributed by atoms with Gasteiger partial charge in [0.25, 0.3) is 0 Å². The van der Waals surface area contributed by atoms with Gasteiger partial charge in [0.2, 0.25) is 0 Å². The Balaban J connectivity index is 1.88. The molecule has 2 heteroatoms. The average Bonchev–Trinajstić information content (AvgIpc) is 2.37. The number of benzene rings is 1. The summed E-state index contributed by atoms with van der Waals surface area (Å²) in [7, 11) is 0. The van der Waals surface area contributed by atoms with Gasteiger partial charge in [-0.2, -0.15) is 0 Å². The summed E-state index contributed by atoms with van der Waals surface area (Å²) < 4.78 is 5.76. The van der Waals surface area contributed by atoms with Crippen molar-refractivity contribution in [1.29, 1.82) is 0 Å². The smallest absolute Gasteiger partial charge is 0.0575 e. The van der Waals surface area contributed by atoms with E-state index in [1.165, 1.54) is 36.0 Å². The van der Waals surface area contributed by atoms with Crippen LogP contribution in [-0.2, 0) is 4.74 Å². The minimum Gasteiger partial charge on any atom is -0.378 e. The first-order chi connectivity index (χ1) is 8.66. The van der Waals surface area contributed by atoms with Gasteiger partial charge >= 0.3 is 0 Å². The molecule has 1 fully saturated rings. The van der Waals surface area contributed by atoms with Crippen molar-refractivity contribution in [3.63, 3.8) is 0 Å². The lowest BCUT2D eigenvalue weighted by molar-refractivity contribution is 0.00911. The molecule has 1 aliphatic rings. The molecule has 1 saturated heterocycles. The maximum atomic E-state index is 6.31. The topological polar surface area (TPSA) is 35.2 Å². The van der Waals surface area contributed by atoms with E-state index < -0.39 is 0 Å². The van der Waals surface area contributed by atoms with Crippen LogP contribution in [0.25, 0.3) is 0 Å². The predicted octanol–water partition coefficient (Wildman–Crippen LogP) is 3.65. The lowest BCUT2D eigenvalue weighted by atomic mass is 9.94. The number of nitrogens with two attached hydrogens (primary N) is 1. The van der Waals surface area contributed by atoms with Gasteiger partial charge in [0.1, 0.15) is 0 Å². The summed E-state index contributed by atoms with van der Waals surface area (Å²) in [4.78, 5) is 0. The van der Waals surface area contributed by atoms with Gasteiger partial charge in [0.05, 0.1) is 6.10 Å². The highest BCUT2D eigenvalue weighted by molar-refractivity contribution is 5.32. The molecule has 2 N–H and O–H groups in total. The van der Waals surface area contributed by atoms with E-state index in [4.69, 9.17) is 10.5 Å². The van der Waals surface area contributed by atoms with Crippen molar-refractivity contribution in [3.8, 4) is 0 Å².